The molecular weight excluding hydrogens is 265 g/mol. The second kappa shape index (κ2) is 8.02. The van der Waals surface area contributed by atoms with E-state index in [2.05, 4.69) is 9.05 Å². The molecule has 0 fully saturated rings. The lowest BCUT2D eigenvalue weighted by atomic mass is 10.7. The van der Waals surface area contributed by atoms with E-state index in [0.29, 0.717) is 0 Å². The predicted molar refractivity (Wildman–Crippen MR) is 54.4 cm³/mol. The Labute approximate surface area is 97.5 Å². The monoisotopic (exact) mass is 281 g/mol. The first-order chi connectivity index (χ1) is 7.85. The lowest BCUT2D eigenvalue weighted by Crippen LogP contribution is -2.25. The zero-order valence-electron chi connectivity index (χ0n) is 9.61. The first-order valence-electron chi connectivity index (χ1n) is 5.06. The molecule has 0 spiro atoms. The Bertz CT molecular complexity index is 235. The van der Waals surface area contributed by atoms with E-state index >= 15 is 0 Å². The maximum Gasteiger partial charge on any atom is 0.408 e. The molecule has 0 saturated heterocycles. The molecule has 0 aliphatic heterocycles. The van der Waals surface area contributed by atoms with Crippen LogP contribution in [-0.2, 0) is 13.6 Å². The van der Waals surface area contributed by atoms with Crippen LogP contribution in [-0.4, -0.2) is 43.8 Å². The van der Waals surface area contributed by atoms with Gasteiger partial charge in [-0.15, -0.1) is 0 Å². The fourth-order valence-electron chi connectivity index (χ4n) is 1.07. The Kier molecular flexibility index (Phi) is 7.94. The van der Waals surface area contributed by atoms with Crippen LogP contribution in [0.3, 0.4) is 0 Å². The number of nitrogens with zero attached hydrogens (tertiary/aromatic N) is 1. The lowest BCUT2D eigenvalue weighted by Gasteiger charge is -2.27. The maximum atomic E-state index is 12.0. The van der Waals surface area contributed by atoms with Crippen molar-refractivity contribution < 1.29 is 31.2 Å². The lowest BCUT2D eigenvalue weighted by molar-refractivity contribution is 0.0342. The molecule has 0 atom stereocenters. The topological polar surface area (TPSA) is 38.8 Å². The Hall–Kier alpha value is -0.170. The first-order valence-corrected chi connectivity index (χ1v) is 6.56. The van der Waals surface area contributed by atoms with E-state index < -0.39 is 33.8 Å². The number of rotatable bonds is 9. The predicted octanol–water partition coefficient (Wildman–Crippen LogP) is 3.00. The summed E-state index contributed by atoms with van der Waals surface area (Å²) in [7, 11) is -4.06. The molecule has 0 aromatic rings. The van der Waals surface area contributed by atoms with Crippen molar-refractivity contribution in [3.63, 3.8) is 0 Å². The Morgan fingerprint density at radius 2 is 1.35 bits per heavy atom. The van der Waals surface area contributed by atoms with Gasteiger partial charge in [0.25, 0.3) is 12.9 Å². The van der Waals surface area contributed by atoms with Crippen LogP contribution in [0.25, 0.3) is 0 Å². The number of halogens is 4. The van der Waals surface area contributed by atoms with Crippen molar-refractivity contribution in [2.75, 3.05) is 26.3 Å². The molecule has 0 saturated carbocycles. The van der Waals surface area contributed by atoms with Crippen LogP contribution in [0.5, 0.6) is 0 Å². The Morgan fingerprint density at radius 3 is 1.59 bits per heavy atom. The summed E-state index contributed by atoms with van der Waals surface area (Å²) in [5.74, 6) is 0. The Morgan fingerprint density at radius 1 is 1.00 bits per heavy atom. The summed E-state index contributed by atoms with van der Waals surface area (Å²) in [5.41, 5.74) is 0. The Balaban J connectivity index is 4.61. The van der Waals surface area contributed by atoms with Gasteiger partial charge >= 0.3 is 7.75 Å². The first kappa shape index (κ1) is 16.8. The van der Waals surface area contributed by atoms with Crippen molar-refractivity contribution in [2.45, 2.75) is 26.7 Å². The molecule has 104 valence electrons. The molecular formula is C8H16F4NO3P. The molecule has 0 radical (unpaired) electrons. The van der Waals surface area contributed by atoms with Crippen LogP contribution in [0, 0.1) is 0 Å². The van der Waals surface area contributed by atoms with Gasteiger partial charge in [-0.1, -0.05) is 13.8 Å². The third kappa shape index (κ3) is 6.35. The highest BCUT2D eigenvalue weighted by Crippen LogP contribution is 2.52. The summed E-state index contributed by atoms with van der Waals surface area (Å²) in [6.07, 6.45) is -5.68. The average molecular weight is 281 g/mol. The standard InChI is InChI=1S/C8H16F4NO3P/c1-3-13(4-2)17(14,15-5-7(9)10)16-6-8(11)12/h7-8H,3-6H2,1-2H3. The largest absolute Gasteiger partial charge is 0.408 e. The second-order valence-electron chi connectivity index (χ2n) is 2.98. The van der Waals surface area contributed by atoms with E-state index in [9.17, 15) is 22.1 Å². The van der Waals surface area contributed by atoms with Crippen molar-refractivity contribution in [3.05, 3.63) is 0 Å². The molecule has 0 amide bonds. The molecule has 0 heterocycles. The van der Waals surface area contributed by atoms with Crippen molar-refractivity contribution in [2.24, 2.45) is 0 Å². The molecule has 0 N–H and O–H groups in total. The number of hydrogen-bond donors (Lipinski definition) is 0. The molecule has 9 heteroatoms. The summed E-state index contributed by atoms with van der Waals surface area (Å²) in [6.45, 7) is 1.32. The minimum atomic E-state index is -4.06. The van der Waals surface area contributed by atoms with Crippen LogP contribution in [0.1, 0.15) is 13.8 Å². The van der Waals surface area contributed by atoms with E-state index in [1.807, 2.05) is 0 Å². The van der Waals surface area contributed by atoms with Gasteiger partial charge in [-0.25, -0.2) is 26.8 Å². The van der Waals surface area contributed by atoms with Gasteiger partial charge in [0.15, 0.2) is 0 Å². The maximum absolute atomic E-state index is 12.0. The molecule has 0 aliphatic rings. The second-order valence-corrected chi connectivity index (χ2v) is 5.00. The van der Waals surface area contributed by atoms with Gasteiger partial charge in [0.2, 0.25) is 0 Å². The third-order valence-corrected chi connectivity index (χ3v) is 4.01. The normalized spacial score (nSPS) is 13.0. The van der Waals surface area contributed by atoms with Gasteiger partial charge in [-0.3, -0.25) is 9.05 Å². The van der Waals surface area contributed by atoms with E-state index in [1.54, 1.807) is 13.8 Å². The van der Waals surface area contributed by atoms with Crippen LogP contribution in [0.15, 0.2) is 0 Å². The number of alkyl halides is 4. The van der Waals surface area contributed by atoms with Crippen molar-refractivity contribution >= 4 is 7.75 Å². The summed E-state index contributed by atoms with van der Waals surface area (Å²) in [4.78, 5) is 0. The quantitative estimate of drug-likeness (QED) is 0.481. The molecule has 17 heavy (non-hydrogen) atoms. The van der Waals surface area contributed by atoms with Gasteiger partial charge in [-0.2, -0.15) is 0 Å². The third-order valence-electron chi connectivity index (χ3n) is 1.80. The van der Waals surface area contributed by atoms with Crippen LogP contribution in [0.2, 0.25) is 0 Å². The van der Waals surface area contributed by atoms with Crippen molar-refractivity contribution in [1.82, 2.24) is 4.67 Å². The van der Waals surface area contributed by atoms with Gasteiger partial charge in [0.1, 0.15) is 13.2 Å². The smallest absolute Gasteiger partial charge is 0.291 e. The zero-order chi connectivity index (χ0) is 13.5. The zero-order valence-corrected chi connectivity index (χ0v) is 10.5. The van der Waals surface area contributed by atoms with Gasteiger partial charge < -0.3 is 0 Å². The summed E-state index contributed by atoms with van der Waals surface area (Å²) < 4.78 is 69.9. The highest BCUT2D eigenvalue weighted by molar-refractivity contribution is 7.51. The fourth-order valence-corrected chi connectivity index (χ4v) is 2.77. The van der Waals surface area contributed by atoms with E-state index in [-0.39, 0.29) is 13.1 Å². The van der Waals surface area contributed by atoms with Crippen LogP contribution < -0.4 is 0 Å². The molecule has 0 unspecified atom stereocenters. The van der Waals surface area contributed by atoms with Crippen LogP contribution >= 0.6 is 7.75 Å². The average Bonchev–Trinajstić information content (AvgIpc) is 2.25. The number of hydrogen-bond acceptors (Lipinski definition) is 3. The summed E-state index contributed by atoms with van der Waals surface area (Å²) in [5, 5.41) is 0. The van der Waals surface area contributed by atoms with Gasteiger partial charge in [-0.05, 0) is 0 Å². The molecule has 0 aromatic carbocycles. The summed E-state index contributed by atoms with van der Waals surface area (Å²) in [6, 6.07) is 0. The molecule has 0 aliphatic carbocycles. The highest BCUT2D eigenvalue weighted by atomic mass is 31.2. The van der Waals surface area contributed by atoms with Gasteiger partial charge in [0, 0.05) is 13.1 Å². The van der Waals surface area contributed by atoms with E-state index in [4.69, 9.17) is 0 Å². The fraction of sp³-hybridized carbons (Fsp3) is 1.00. The molecule has 4 nitrogen and oxygen atoms in total. The molecule has 0 rings (SSSR count). The van der Waals surface area contributed by atoms with Gasteiger partial charge in [0.05, 0.1) is 0 Å². The highest BCUT2D eigenvalue weighted by Gasteiger charge is 2.33. The minimum Gasteiger partial charge on any atom is -0.291 e. The minimum absolute atomic E-state index is 0.181. The molecule has 0 aromatic heterocycles. The van der Waals surface area contributed by atoms with Crippen LogP contribution in [0.4, 0.5) is 17.6 Å². The van der Waals surface area contributed by atoms with Crippen molar-refractivity contribution in [1.29, 1.82) is 0 Å². The SMILES string of the molecule is CCN(CC)P(=O)(OCC(F)F)OCC(F)F. The molecule has 0 bridgehead atoms. The van der Waals surface area contributed by atoms with Crippen molar-refractivity contribution in [3.8, 4) is 0 Å². The van der Waals surface area contributed by atoms with E-state index in [1.165, 1.54) is 0 Å². The van der Waals surface area contributed by atoms with E-state index in [0.717, 1.165) is 4.67 Å². The summed E-state index contributed by atoms with van der Waals surface area (Å²) >= 11 is 0.